The van der Waals surface area contributed by atoms with Crippen LogP contribution in [0.1, 0.15) is 42.6 Å². The third-order valence-corrected chi connectivity index (χ3v) is 3.92. The van der Waals surface area contributed by atoms with Crippen LogP contribution in [0.5, 0.6) is 0 Å². The van der Waals surface area contributed by atoms with Gasteiger partial charge in [-0.3, -0.25) is 5.32 Å². The Morgan fingerprint density at radius 3 is 2.60 bits per heavy atom. The molecule has 8 nitrogen and oxygen atoms in total. The molecule has 0 saturated carbocycles. The fraction of sp³-hybridized carbons (Fsp3) is 0.273. The highest BCUT2D eigenvalue weighted by Crippen LogP contribution is 2.20. The third kappa shape index (κ3) is 5.66. The molecule has 0 unspecified atom stereocenters. The number of carbonyl (C=O) groups excluding carboxylic acids is 2. The number of ether oxygens (including phenoxy) is 2. The fourth-order valence-corrected chi connectivity index (χ4v) is 2.60. The van der Waals surface area contributed by atoms with Crippen molar-refractivity contribution in [2.24, 2.45) is 0 Å². The minimum absolute atomic E-state index is 0.165. The SMILES string of the molecule is Cc1ccccc1-c1noc(COC(=O)c2cccc(NC(=O)OC(C)(C)C)c2)n1. The van der Waals surface area contributed by atoms with Gasteiger partial charge >= 0.3 is 12.1 Å². The van der Waals surface area contributed by atoms with Crippen molar-refractivity contribution in [1.29, 1.82) is 0 Å². The highest BCUT2D eigenvalue weighted by Gasteiger charge is 2.17. The quantitative estimate of drug-likeness (QED) is 0.607. The van der Waals surface area contributed by atoms with Crippen LogP contribution in [0.15, 0.2) is 53.1 Å². The monoisotopic (exact) mass is 409 g/mol. The Kier molecular flexibility index (Phi) is 6.15. The number of esters is 1. The molecule has 0 aliphatic heterocycles. The van der Waals surface area contributed by atoms with Crippen molar-refractivity contribution < 1.29 is 23.6 Å². The number of hydrogen-bond acceptors (Lipinski definition) is 7. The van der Waals surface area contributed by atoms with E-state index < -0.39 is 17.7 Å². The Hall–Kier alpha value is -3.68. The molecule has 156 valence electrons. The minimum atomic E-state index is -0.623. The van der Waals surface area contributed by atoms with E-state index in [4.69, 9.17) is 14.0 Å². The second-order valence-corrected chi connectivity index (χ2v) is 7.61. The van der Waals surface area contributed by atoms with Gasteiger partial charge in [-0.25, -0.2) is 9.59 Å². The molecule has 3 rings (SSSR count). The van der Waals surface area contributed by atoms with Crippen molar-refractivity contribution in [3.05, 3.63) is 65.5 Å². The molecule has 0 spiro atoms. The molecule has 30 heavy (non-hydrogen) atoms. The summed E-state index contributed by atoms with van der Waals surface area (Å²) in [5, 5.41) is 6.52. The first-order chi connectivity index (χ1) is 14.2. The first-order valence-electron chi connectivity index (χ1n) is 9.37. The number of aryl methyl sites for hydroxylation is 1. The van der Waals surface area contributed by atoms with Crippen molar-refractivity contribution in [1.82, 2.24) is 10.1 Å². The maximum absolute atomic E-state index is 12.4. The summed E-state index contributed by atoms with van der Waals surface area (Å²) >= 11 is 0. The molecule has 0 bridgehead atoms. The van der Waals surface area contributed by atoms with Crippen LogP contribution in [0.2, 0.25) is 0 Å². The van der Waals surface area contributed by atoms with Gasteiger partial charge in [-0.1, -0.05) is 35.5 Å². The van der Waals surface area contributed by atoms with Crippen LogP contribution in [0.4, 0.5) is 10.5 Å². The molecule has 3 aromatic rings. The summed E-state index contributed by atoms with van der Waals surface area (Å²) in [6, 6.07) is 14.0. The molecular weight excluding hydrogens is 386 g/mol. The summed E-state index contributed by atoms with van der Waals surface area (Å²) in [5.41, 5.74) is 1.92. The predicted octanol–water partition coefficient (Wildman–Crippen LogP) is 4.75. The molecule has 0 fully saturated rings. The van der Waals surface area contributed by atoms with Crippen LogP contribution in [-0.2, 0) is 16.1 Å². The summed E-state index contributed by atoms with van der Waals surface area (Å²) in [6.07, 6.45) is -0.609. The topological polar surface area (TPSA) is 104 Å². The summed E-state index contributed by atoms with van der Waals surface area (Å²) in [5.74, 6) is 0.0332. The van der Waals surface area contributed by atoms with E-state index in [2.05, 4.69) is 15.5 Å². The van der Waals surface area contributed by atoms with Crippen LogP contribution in [-0.4, -0.2) is 27.8 Å². The Morgan fingerprint density at radius 1 is 1.10 bits per heavy atom. The van der Waals surface area contributed by atoms with E-state index in [9.17, 15) is 9.59 Å². The van der Waals surface area contributed by atoms with E-state index >= 15 is 0 Å². The van der Waals surface area contributed by atoms with Crippen LogP contribution >= 0.6 is 0 Å². The average molecular weight is 409 g/mol. The number of amides is 1. The zero-order valence-corrected chi connectivity index (χ0v) is 17.3. The molecule has 1 heterocycles. The van der Waals surface area contributed by atoms with Gasteiger partial charge in [0.05, 0.1) is 5.56 Å². The number of nitrogens with zero attached hydrogens (tertiary/aromatic N) is 2. The van der Waals surface area contributed by atoms with Gasteiger partial charge in [0.25, 0.3) is 5.89 Å². The second-order valence-electron chi connectivity index (χ2n) is 7.61. The Bertz CT molecular complexity index is 1050. The summed E-state index contributed by atoms with van der Waals surface area (Å²) in [6.45, 7) is 7.08. The lowest BCUT2D eigenvalue weighted by atomic mass is 10.1. The van der Waals surface area contributed by atoms with Gasteiger partial charge in [0.15, 0.2) is 6.61 Å². The number of hydrogen-bond donors (Lipinski definition) is 1. The molecule has 8 heteroatoms. The van der Waals surface area contributed by atoms with E-state index in [0.29, 0.717) is 11.5 Å². The maximum Gasteiger partial charge on any atom is 0.412 e. The first-order valence-corrected chi connectivity index (χ1v) is 9.37. The highest BCUT2D eigenvalue weighted by molar-refractivity contribution is 5.92. The molecule has 0 atom stereocenters. The Morgan fingerprint density at radius 2 is 1.87 bits per heavy atom. The van der Waals surface area contributed by atoms with Crippen molar-refractivity contribution in [2.75, 3.05) is 5.32 Å². The number of rotatable bonds is 5. The zero-order chi connectivity index (χ0) is 21.7. The van der Waals surface area contributed by atoms with E-state index in [1.54, 1.807) is 39.0 Å². The van der Waals surface area contributed by atoms with Gasteiger partial charge in [0, 0.05) is 11.3 Å². The maximum atomic E-state index is 12.4. The second kappa shape index (κ2) is 8.77. The average Bonchev–Trinajstić information content (AvgIpc) is 3.14. The molecule has 1 aromatic heterocycles. The van der Waals surface area contributed by atoms with Crippen molar-refractivity contribution in [2.45, 2.75) is 39.9 Å². The van der Waals surface area contributed by atoms with Crippen LogP contribution in [0.3, 0.4) is 0 Å². The van der Waals surface area contributed by atoms with E-state index in [1.807, 2.05) is 31.2 Å². The first kappa shape index (κ1) is 21.0. The van der Waals surface area contributed by atoms with Gasteiger partial charge in [0.1, 0.15) is 5.60 Å². The van der Waals surface area contributed by atoms with E-state index in [0.717, 1.165) is 11.1 Å². The van der Waals surface area contributed by atoms with Gasteiger partial charge in [0.2, 0.25) is 5.82 Å². The lowest BCUT2D eigenvalue weighted by molar-refractivity contribution is 0.0429. The zero-order valence-electron chi connectivity index (χ0n) is 17.3. The molecule has 0 aliphatic carbocycles. The molecule has 0 radical (unpaired) electrons. The van der Waals surface area contributed by atoms with Crippen LogP contribution in [0.25, 0.3) is 11.4 Å². The largest absolute Gasteiger partial charge is 0.452 e. The Balaban J connectivity index is 1.61. The van der Waals surface area contributed by atoms with Crippen molar-refractivity contribution in [3.8, 4) is 11.4 Å². The van der Waals surface area contributed by atoms with Crippen molar-refractivity contribution >= 4 is 17.7 Å². The minimum Gasteiger partial charge on any atom is -0.452 e. The number of nitrogens with one attached hydrogen (secondary N) is 1. The molecular formula is C22H23N3O5. The van der Waals surface area contributed by atoms with Gasteiger partial charge in [-0.2, -0.15) is 4.98 Å². The van der Waals surface area contributed by atoms with Crippen molar-refractivity contribution in [3.63, 3.8) is 0 Å². The lowest BCUT2D eigenvalue weighted by Gasteiger charge is -2.19. The fourth-order valence-electron chi connectivity index (χ4n) is 2.60. The standard InChI is InChI=1S/C22H23N3O5/c1-14-8-5-6-11-17(14)19-24-18(30-25-19)13-28-20(26)15-9-7-10-16(12-15)23-21(27)29-22(2,3)4/h5-12H,13H2,1-4H3,(H,23,27). The number of carbonyl (C=O) groups is 2. The summed E-state index contributed by atoms with van der Waals surface area (Å²) < 4.78 is 15.6. The number of aromatic nitrogens is 2. The summed E-state index contributed by atoms with van der Waals surface area (Å²) in [4.78, 5) is 28.5. The van der Waals surface area contributed by atoms with Crippen LogP contribution < -0.4 is 5.32 Å². The smallest absolute Gasteiger partial charge is 0.412 e. The van der Waals surface area contributed by atoms with E-state index in [1.165, 1.54) is 6.07 Å². The molecule has 1 amide bonds. The highest BCUT2D eigenvalue weighted by atomic mass is 16.6. The van der Waals surface area contributed by atoms with E-state index in [-0.39, 0.29) is 18.1 Å². The predicted molar refractivity (Wildman–Crippen MR) is 110 cm³/mol. The lowest BCUT2D eigenvalue weighted by Crippen LogP contribution is -2.27. The van der Waals surface area contributed by atoms with Gasteiger partial charge in [-0.15, -0.1) is 0 Å². The molecule has 0 saturated heterocycles. The van der Waals surface area contributed by atoms with Gasteiger partial charge in [-0.05, 0) is 51.5 Å². The normalized spacial score (nSPS) is 11.1. The van der Waals surface area contributed by atoms with Gasteiger partial charge < -0.3 is 14.0 Å². The molecule has 2 aromatic carbocycles. The Labute approximate surface area is 174 Å². The molecule has 0 aliphatic rings. The summed E-state index contributed by atoms with van der Waals surface area (Å²) in [7, 11) is 0. The number of benzene rings is 2. The molecule has 1 N–H and O–H groups in total. The number of anilines is 1. The van der Waals surface area contributed by atoms with Crippen LogP contribution in [0, 0.1) is 6.92 Å². The third-order valence-electron chi connectivity index (χ3n) is 3.92.